The number of hydrogen-bond acceptors (Lipinski definition) is 4. The largest absolute Gasteiger partial charge is 0.312 e. The third-order valence-corrected chi connectivity index (χ3v) is 7.92. The molecule has 0 spiro atoms. The van der Waals surface area contributed by atoms with E-state index in [1.54, 1.807) is 18.2 Å². The van der Waals surface area contributed by atoms with E-state index in [0.29, 0.717) is 16.4 Å². The average Bonchev–Trinajstić information content (AvgIpc) is 3.00. The average molecular weight is 463 g/mol. The number of carbonyl (C=O) groups excluding carboxylic acids is 1. The van der Waals surface area contributed by atoms with Crippen molar-refractivity contribution in [1.29, 1.82) is 0 Å². The Bertz CT molecular complexity index is 1270. The van der Waals surface area contributed by atoms with Gasteiger partial charge in [-0.25, -0.2) is 8.42 Å². The molecule has 0 saturated carbocycles. The van der Waals surface area contributed by atoms with E-state index in [9.17, 15) is 13.2 Å². The molecule has 0 unspecified atom stereocenters. The molecule has 0 N–H and O–H groups in total. The molecule has 3 rings (SSSR count). The first-order valence-electron chi connectivity index (χ1n) is 9.48. The molecule has 0 fully saturated rings. The lowest BCUT2D eigenvalue weighted by Crippen LogP contribution is -2.16. The van der Waals surface area contributed by atoms with Gasteiger partial charge in [0.2, 0.25) is 5.91 Å². The van der Waals surface area contributed by atoms with E-state index in [2.05, 4.69) is 23.7 Å². The Morgan fingerprint density at radius 3 is 2.60 bits per heavy atom. The predicted molar refractivity (Wildman–Crippen MR) is 123 cm³/mol. The van der Waals surface area contributed by atoms with E-state index in [1.165, 1.54) is 23.5 Å². The molecule has 0 atom stereocenters. The van der Waals surface area contributed by atoms with Gasteiger partial charge in [0.15, 0.2) is 14.6 Å². The van der Waals surface area contributed by atoms with Crippen LogP contribution < -0.4 is 4.80 Å². The highest BCUT2D eigenvalue weighted by molar-refractivity contribution is 7.91. The summed E-state index contributed by atoms with van der Waals surface area (Å²) in [7, 11) is -3.46. The second-order valence-electron chi connectivity index (χ2n) is 7.10. The molecule has 0 radical (unpaired) electrons. The fraction of sp³-hybridized carbons (Fsp3) is 0.273. The SMILES string of the molecule is C=CCn1c(=NC(=O)CCCS(=O)(=O)c2ccc(Cl)cc2)sc2c(C)cc(C)cc21. The maximum atomic E-state index is 12.5. The molecule has 0 aliphatic heterocycles. The zero-order valence-electron chi connectivity index (χ0n) is 16.9. The van der Waals surface area contributed by atoms with Gasteiger partial charge in [0, 0.05) is 18.0 Å². The number of amides is 1. The van der Waals surface area contributed by atoms with Crippen molar-refractivity contribution in [3.8, 4) is 0 Å². The van der Waals surface area contributed by atoms with Crippen molar-refractivity contribution in [3.63, 3.8) is 0 Å². The van der Waals surface area contributed by atoms with E-state index in [-0.39, 0.29) is 29.4 Å². The number of sulfone groups is 1. The highest BCUT2D eigenvalue weighted by Gasteiger charge is 2.15. The molecule has 1 amide bonds. The van der Waals surface area contributed by atoms with Gasteiger partial charge < -0.3 is 4.57 Å². The summed E-state index contributed by atoms with van der Waals surface area (Å²) >= 11 is 7.27. The van der Waals surface area contributed by atoms with Crippen molar-refractivity contribution in [3.05, 3.63) is 70.0 Å². The van der Waals surface area contributed by atoms with Crippen LogP contribution in [0.5, 0.6) is 0 Å². The summed E-state index contributed by atoms with van der Waals surface area (Å²) in [6.07, 6.45) is 2.04. The molecule has 0 bridgehead atoms. The normalized spacial score (nSPS) is 12.4. The van der Waals surface area contributed by atoms with Crippen molar-refractivity contribution in [1.82, 2.24) is 4.57 Å². The van der Waals surface area contributed by atoms with Crippen LogP contribution in [0.4, 0.5) is 0 Å². The molecule has 1 heterocycles. The van der Waals surface area contributed by atoms with Crippen LogP contribution in [0.25, 0.3) is 10.2 Å². The van der Waals surface area contributed by atoms with Crippen LogP contribution in [0.2, 0.25) is 5.02 Å². The molecule has 30 heavy (non-hydrogen) atoms. The molecule has 1 aromatic heterocycles. The summed E-state index contributed by atoms with van der Waals surface area (Å²) in [5, 5.41) is 0.476. The van der Waals surface area contributed by atoms with Gasteiger partial charge in [-0.3, -0.25) is 4.79 Å². The lowest BCUT2D eigenvalue weighted by molar-refractivity contribution is -0.118. The fourth-order valence-electron chi connectivity index (χ4n) is 3.24. The summed E-state index contributed by atoms with van der Waals surface area (Å²) in [5.41, 5.74) is 3.30. The minimum Gasteiger partial charge on any atom is -0.312 e. The number of rotatable bonds is 7. The van der Waals surface area contributed by atoms with E-state index in [0.717, 1.165) is 21.3 Å². The third-order valence-electron chi connectivity index (χ3n) is 4.62. The van der Waals surface area contributed by atoms with Gasteiger partial charge in [-0.05, 0) is 61.7 Å². The first-order chi connectivity index (χ1) is 14.2. The van der Waals surface area contributed by atoms with Crippen LogP contribution in [-0.4, -0.2) is 24.6 Å². The van der Waals surface area contributed by atoms with Crippen molar-refractivity contribution in [2.75, 3.05) is 5.75 Å². The molecular formula is C22H23ClN2O3S2. The molecule has 2 aromatic carbocycles. The van der Waals surface area contributed by atoms with Crippen LogP contribution in [0.1, 0.15) is 24.0 Å². The van der Waals surface area contributed by atoms with Crippen molar-refractivity contribution in [2.45, 2.75) is 38.1 Å². The monoisotopic (exact) mass is 462 g/mol. The number of allylic oxidation sites excluding steroid dienone is 1. The van der Waals surface area contributed by atoms with Gasteiger partial charge in [0.1, 0.15) is 0 Å². The van der Waals surface area contributed by atoms with Crippen molar-refractivity contribution < 1.29 is 13.2 Å². The Balaban J connectivity index is 1.79. The molecule has 5 nitrogen and oxygen atoms in total. The number of halogens is 1. The first-order valence-corrected chi connectivity index (χ1v) is 12.3. The number of carbonyl (C=O) groups is 1. The summed E-state index contributed by atoms with van der Waals surface area (Å²) in [5.74, 6) is -0.451. The summed E-state index contributed by atoms with van der Waals surface area (Å²) in [6, 6.07) is 10.2. The van der Waals surface area contributed by atoms with Gasteiger partial charge in [0.25, 0.3) is 0 Å². The molecule has 8 heteroatoms. The van der Waals surface area contributed by atoms with E-state index in [1.807, 2.05) is 18.4 Å². The van der Waals surface area contributed by atoms with Gasteiger partial charge >= 0.3 is 0 Å². The molecule has 0 saturated heterocycles. The summed E-state index contributed by atoms with van der Waals surface area (Å²) in [6.45, 7) is 8.41. The van der Waals surface area contributed by atoms with Crippen LogP contribution in [0.15, 0.2) is 58.9 Å². The molecule has 3 aromatic rings. The number of fused-ring (bicyclic) bond motifs is 1. The quantitative estimate of drug-likeness (QED) is 0.472. The first kappa shape index (κ1) is 22.5. The maximum absolute atomic E-state index is 12.5. The van der Waals surface area contributed by atoms with Gasteiger partial charge in [-0.15, -0.1) is 6.58 Å². The zero-order chi connectivity index (χ0) is 21.9. The smallest absolute Gasteiger partial charge is 0.248 e. The number of benzene rings is 2. The minimum atomic E-state index is -3.46. The Kier molecular flexibility index (Phi) is 6.95. The second kappa shape index (κ2) is 9.29. The van der Waals surface area contributed by atoms with Gasteiger partial charge in [-0.2, -0.15) is 4.99 Å². The summed E-state index contributed by atoms with van der Waals surface area (Å²) in [4.78, 5) is 17.5. The number of hydrogen-bond donors (Lipinski definition) is 0. The highest BCUT2D eigenvalue weighted by Crippen LogP contribution is 2.23. The fourth-order valence-corrected chi connectivity index (χ4v) is 5.78. The Morgan fingerprint density at radius 1 is 1.23 bits per heavy atom. The van der Waals surface area contributed by atoms with Crippen LogP contribution in [0, 0.1) is 13.8 Å². The lowest BCUT2D eigenvalue weighted by Gasteiger charge is -2.04. The Hall–Kier alpha value is -2.22. The highest BCUT2D eigenvalue weighted by atomic mass is 35.5. The Morgan fingerprint density at radius 2 is 1.93 bits per heavy atom. The van der Waals surface area contributed by atoms with Gasteiger partial charge in [-0.1, -0.05) is 35.1 Å². The zero-order valence-corrected chi connectivity index (χ0v) is 19.3. The molecule has 0 aliphatic carbocycles. The Labute approximate surface area is 185 Å². The number of thiazole rings is 1. The van der Waals surface area contributed by atoms with Crippen molar-refractivity contribution >= 4 is 48.9 Å². The number of aromatic nitrogens is 1. The van der Waals surface area contributed by atoms with Gasteiger partial charge in [0.05, 0.1) is 20.9 Å². The van der Waals surface area contributed by atoms with E-state index in [4.69, 9.17) is 11.6 Å². The maximum Gasteiger partial charge on any atom is 0.248 e. The predicted octanol–water partition coefficient (Wildman–Crippen LogP) is 4.84. The molecule has 158 valence electrons. The third kappa shape index (κ3) is 5.09. The summed E-state index contributed by atoms with van der Waals surface area (Å²) < 4.78 is 27.9. The topological polar surface area (TPSA) is 68.5 Å². The van der Waals surface area contributed by atoms with Crippen LogP contribution >= 0.6 is 22.9 Å². The molecular weight excluding hydrogens is 440 g/mol. The lowest BCUT2D eigenvalue weighted by atomic mass is 10.1. The van der Waals surface area contributed by atoms with Crippen LogP contribution in [0.3, 0.4) is 0 Å². The van der Waals surface area contributed by atoms with E-state index < -0.39 is 9.84 Å². The number of aryl methyl sites for hydroxylation is 2. The standard InChI is InChI=1S/C22H23ClN2O3S2/c1-4-11-25-19-14-15(2)13-16(3)21(19)29-22(25)24-20(26)6-5-12-30(27,28)18-9-7-17(23)8-10-18/h4,7-10,13-14H,1,5-6,11-12H2,2-3H3. The minimum absolute atomic E-state index is 0.0627. The molecule has 0 aliphatic rings. The van der Waals surface area contributed by atoms with Crippen molar-refractivity contribution in [2.24, 2.45) is 4.99 Å². The van der Waals surface area contributed by atoms with E-state index >= 15 is 0 Å². The van der Waals surface area contributed by atoms with Crippen LogP contribution in [-0.2, 0) is 21.2 Å². The number of nitrogens with zero attached hydrogens (tertiary/aromatic N) is 2. The second-order valence-corrected chi connectivity index (χ2v) is 10.6.